The summed E-state index contributed by atoms with van der Waals surface area (Å²) < 4.78 is 44.8. The van der Waals surface area contributed by atoms with E-state index < -0.39 is 10.0 Å². The minimum atomic E-state index is -3.85. The summed E-state index contributed by atoms with van der Waals surface area (Å²) in [5.74, 6) is 1.10. The molecule has 0 radical (unpaired) electrons. The molecule has 0 aromatic heterocycles. The number of rotatable bonds is 11. The van der Waals surface area contributed by atoms with E-state index in [4.69, 9.17) is 14.2 Å². The number of methoxy groups -OCH3 is 2. The lowest BCUT2D eigenvalue weighted by Gasteiger charge is -2.25. The third-order valence-corrected chi connectivity index (χ3v) is 7.74. The van der Waals surface area contributed by atoms with Gasteiger partial charge >= 0.3 is 0 Å². The second kappa shape index (κ2) is 12.4. The number of hydrogen-bond acceptors (Lipinski definition) is 6. The van der Waals surface area contributed by atoms with Crippen LogP contribution in [0.5, 0.6) is 17.2 Å². The Bertz CT molecular complexity index is 1510. The van der Waals surface area contributed by atoms with Gasteiger partial charge in [-0.25, -0.2) is 8.42 Å². The van der Waals surface area contributed by atoms with Crippen molar-refractivity contribution in [2.45, 2.75) is 18.4 Å². The predicted octanol–water partition coefficient (Wildman–Crippen LogP) is 5.43. The Morgan fingerprint density at radius 3 is 2.13 bits per heavy atom. The molecule has 0 unspecified atom stereocenters. The van der Waals surface area contributed by atoms with E-state index in [1.807, 2.05) is 37.3 Å². The van der Waals surface area contributed by atoms with Crippen molar-refractivity contribution in [1.82, 2.24) is 0 Å². The van der Waals surface area contributed by atoms with Gasteiger partial charge < -0.3 is 19.5 Å². The Morgan fingerprint density at radius 2 is 1.49 bits per heavy atom. The van der Waals surface area contributed by atoms with Gasteiger partial charge in [0.2, 0.25) is 0 Å². The van der Waals surface area contributed by atoms with E-state index in [2.05, 4.69) is 5.32 Å². The minimum absolute atomic E-state index is 0.156. The summed E-state index contributed by atoms with van der Waals surface area (Å²) in [4.78, 5) is 12.7. The van der Waals surface area contributed by atoms with Gasteiger partial charge in [0.15, 0.2) is 6.61 Å². The molecular weight excluding hydrogens is 516 g/mol. The average Bonchev–Trinajstić information content (AvgIpc) is 2.96. The molecule has 0 saturated heterocycles. The lowest BCUT2D eigenvalue weighted by Crippen LogP contribution is -2.30. The summed E-state index contributed by atoms with van der Waals surface area (Å²) in [6, 6.07) is 27.8. The molecule has 0 heterocycles. The first-order chi connectivity index (χ1) is 18.8. The molecule has 0 aliphatic carbocycles. The number of nitrogens with one attached hydrogen (secondary N) is 1. The predicted molar refractivity (Wildman–Crippen MR) is 151 cm³/mol. The fourth-order valence-electron chi connectivity index (χ4n) is 3.85. The van der Waals surface area contributed by atoms with Crippen molar-refractivity contribution < 1.29 is 27.4 Å². The third kappa shape index (κ3) is 6.88. The Kier molecular flexibility index (Phi) is 8.73. The van der Waals surface area contributed by atoms with E-state index >= 15 is 0 Å². The topological polar surface area (TPSA) is 94.2 Å². The number of carbonyl (C=O) groups is 1. The van der Waals surface area contributed by atoms with Crippen molar-refractivity contribution in [1.29, 1.82) is 0 Å². The average molecular weight is 547 g/mol. The summed E-state index contributed by atoms with van der Waals surface area (Å²) in [7, 11) is -0.797. The van der Waals surface area contributed by atoms with Gasteiger partial charge in [0.25, 0.3) is 15.9 Å². The van der Waals surface area contributed by atoms with E-state index in [-0.39, 0.29) is 24.0 Å². The fourth-order valence-corrected chi connectivity index (χ4v) is 5.30. The first-order valence-corrected chi connectivity index (χ1v) is 13.6. The zero-order valence-corrected chi connectivity index (χ0v) is 22.8. The number of benzene rings is 4. The molecule has 0 aliphatic heterocycles. The quantitative estimate of drug-likeness (QED) is 0.270. The highest BCUT2D eigenvalue weighted by Crippen LogP contribution is 2.30. The molecule has 4 aromatic rings. The molecule has 0 spiro atoms. The van der Waals surface area contributed by atoms with Crippen molar-refractivity contribution in [2.24, 2.45) is 0 Å². The molecule has 0 aliphatic rings. The van der Waals surface area contributed by atoms with Gasteiger partial charge in [-0.1, -0.05) is 48.0 Å². The number of anilines is 2. The largest absolute Gasteiger partial charge is 0.497 e. The number of amides is 1. The van der Waals surface area contributed by atoms with Gasteiger partial charge in [0, 0.05) is 6.07 Å². The Balaban J connectivity index is 1.49. The van der Waals surface area contributed by atoms with Gasteiger partial charge in [-0.05, 0) is 61.0 Å². The molecule has 9 heteroatoms. The van der Waals surface area contributed by atoms with Crippen LogP contribution in [0.2, 0.25) is 0 Å². The molecule has 0 atom stereocenters. The van der Waals surface area contributed by atoms with Crippen LogP contribution in [0.4, 0.5) is 11.4 Å². The van der Waals surface area contributed by atoms with Crippen molar-refractivity contribution in [3.8, 4) is 17.2 Å². The Labute approximate surface area is 228 Å². The number of sulfonamides is 1. The third-order valence-electron chi connectivity index (χ3n) is 5.96. The van der Waals surface area contributed by atoms with Crippen LogP contribution in [0.15, 0.2) is 102 Å². The first kappa shape index (κ1) is 27.5. The molecule has 0 saturated carbocycles. The van der Waals surface area contributed by atoms with Gasteiger partial charge in [-0.3, -0.25) is 9.10 Å². The van der Waals surface area contributed by atoms with Crippen LogP contribution in [-0.2, 0) is 21.4 Å². The monoisotopic (exact) mass is 546 g/mol. The molecule has 0 bridgehead atoms. The van der Waals surface area contributed by atoms with E-state index in [0.29, 0.717) is 28.6 Å². The van der Waals surface area contributed by atoms with Gasteiger partial charge in [-0.2, -0.15) is 0 Å². The summed E-state index contributed by atoms with van der Waals surface area (Å²) in [6.45, 7) is 1.82. The van der Waals surface area contributed by atoms with Gasteiger partial charge in [0.1, 0.15) is 17.2 Å². The highest BCUT2D eigenvalue weighted by Gasteiger charge is 2.25. The maximum atomic E-state index is 13.6. The standard InChI is InChI=1S/C30H30N2O6S/c1-22-9-16-27(17-10-22)39(34,35)32(20-23-7-5-4-6-8-23)24-11-13-25(14-12-24)38-21-30(33)31-28-18-15-26(36-2)19-29(28)37-3/h4-19H,20-21H2,1-3H3,(H,31,33). The second-order valence-corrected chi connectivity index (χ2v) is 10.6. The normalized spacial score (nSPS) is 10.9. The molecule has 202 valence electrons. The SMILES string of the molecule is COc1ccc(NC(=O)COc2ccc(N(Cc3ccccc3)S(=O)(=O)c3ccc(C)cc3)cc2)c(OC)c1. The zero-order valence-electron chi connectivity index (χ0n) is 22.0. The number of nitrogens with zero attached hydrogens (tertiary/aromatic N) is 1. The summed E-state index contributed by atoms with van der Waals surface area (Å²) in [5, 5.41) is 2.75. The Hall–Kier alpha value is -4.50. The summed E-state index contributed by atoms with van der Waals surface area (Å²) >= 11 is 0. The van der Waals surface area contributed by atoms with E-state index in [0.717, 1.165) is 11.1 Å². The molecule has 8 nitrogen and oxygen atoms in total. The van der Waals surface area contributed by atoms with E-state index in [1.165, 1.54) is 11.4 Å². The first-order valence-electron chi connectivity index (χ1n) is 12.2. The van der Waals surface area contributed by atoms with Gasteiger partial charge in [-0.15, -0.1) is 0 Å². The molecule has 39 heavy (non-hydrogen) atoms. The van der Waals surface area contributed by atoms with E-state index in [1.54, 1.807) is 73.8 Å². The maximum absolute atomic E-state index is 13.6. The summed E-state index contributed by atoms with van der Waals surface area (Å²) in [5.41, 5.74) is 2.78. The highest BCUT2D eigenvalue weighted by molar-refractivity contribution is 7.92. The number of ether oxygens (including phenoxy) is 3. The molecule has 4 rings (SSSR count). The second-order valence-electron chi connectivity index (χ2n) is 8.71. The van der Waals surface area contributed by atoms with Crippen molar-refractivity contribution >= 4 is 27.3 Å². The zero-order chi connectivity index (χ0) is 27.8. The highest BCUT2D eigenvalue weighted by atomic mass is 32.2. The van der Waals surface area contributed by atoms with Crippen molar-refractivity contribution in [2.75, 3.05) is 30.4 Å². The fraction of sp³-hybridized carbons (Fsp3) is 0.167. The van der Waals surface area contributed by atoms with Crippen molar-refractivity contribution in [3.63, 3.8) is 0 Å². The lowest BCUT2D eigenvalue weighted by atomic mass is 10.2. The van der Waals surface area contributed by atoms with Gasteiger partial charge in [0.05, 0.1) is 37.0 Å². The maximum Gasteiger partial charge on any atom is 0.264 e. The lowest BCUT2D eigenvalue weighted by molar-refractivity contribution is -0.118. The molecule has 4 aromatic carbocycles. The smallest absolute Gasteiger partial charge is 0.264 e. The minimum Gasteiger partial charge on any atom is -0.497 e. The number of aryl methyl sites for hydroxylation is 1. The van der Waals surface area contributed by atoms with Crippen LogP contribution in [0, 0.1) is 6.92 Å². The molecule has 0 fully saturated rings. The van der Waals surface area contributed by atoms with Crippen LogP contribution in [0.25, 0.3) is 0 Å². The van der Waals surface area contributed by atoms with E-state index in [9.17, 15) is 13.2 Å². The van der Waals surface area contributed by atoms with Crippen LogP contribution < -0.4 is 23.8 Å². The van der Waals surface area contributed by atoms with Crippen molar-refractivity contribution in [3.05, 3.63) is 108 Å². The van der Waals surface area contributed by atoms with Crippen LogP contribution in [0.3, 0.4) is 0 Å². The Morgan fingerprint density at radius 1 is 0.821 bits per heavy atom. The van der Waals surface area contributed by atoms with Crippen LogP contribution in [-0.4, -0.2) is 35.2 Å². The summed E-state index contributed by atoms with van der Waals surface area (Å²) in [6.07, 6.45) is 0. The number of carbonyl (C=O) groups excluding carboxylic acids is 1. The van der Waals surface area contributed by atoms with Crippen LogP contribution in [0.1, 0.15) is 11.1 Å². The van der Waals surface area contributed by atoms with Crippen LogP contribution >= 0.6 is 0 Å². The number of hydrogen-bond donors (Lipinski definition) is 1. The molecular formula is C30H30N2O6S. The molecule has 1 N–H and O–H groups in total. The molecule has 1 amide bonds.